The first kappa shape index (κ1) is 18.1. The molecule has 4 rings (SSSR count). The van der Waals surface area contributed by atoms with Crippen molar-refractivity contribution in [2.24, 2.45) is 0 Å². The molecule has 6 nitrogen and oxygen atoms in total. The van der Waals surface area contributed by atoms with Crippen molar-refractivity contribution >= 4 is 5.91 Å². The maximum absolute atomic E-state index is 13.0. The molecule has 1 aliphatic rings. The molecule has 1 atom stereocenters. The van der Waals surface area contributed by atoms with Crippen molar-refractivity contribution in [3.63, 3.8) is 0 Å². The van der Waals surface area contributed by atoms with E-state index in [-0.39, 0.29) is 11.8 Å². The highest BCUT2D eigenvalue weighted by atomic mass is 16.5. The van der Waals surface area contributed by atoms with E-state index >= 15 is 0 Å². The Kier molecular flexibility index (Phi) is 5.28. The molecule has 0 N–H and O–H groups in total. The SMILES string of the molecule is COc1cccnc1-c1ccc(C(=O)N2CCCC(c3ccncn3)C2)cc1. The smallest absolute Gasteiger partial charge is 0.253 e. The number of nitrogens with zero attached hydrogens (tertiary/aromatic N) is 4. The van der Waals surface area contributed by atoms with Gasteiger partial charge in [0.05, 0.1) is 7.11 Å². The summed E-state index contributed by atoms with van der Waals surface area (Å²) >= 11 is 0. The fraction of sp³-hybridized carbons (Fsp3) is 0.273. The van der Waals surface area contributed by atoms with Crippen molar-refractivity contribution in [2.45, 2.75) is 18.8 Å². The molecule has 142 valence electrons. The van der Waals surface area contributed by atoms with E-state index in [2.05, 4.69) is 15.0 Å². The van der Waals surface area contributed by atoms with Crippen molar-refractivity contribution in [1.82, 2.24) is 19.9 Å². The van der Waals surface area contributed by atoms with Crippen LogP contribution in [-0.4, -0.2) is 46.0 Å². The summed E-state index contributed by atoms with van der Waals surface area (Å²) in [6.07, 6.45) is 7.08. The van der Waals surface area contributed by atoms with Crippen LogP contribution in [0.4, 0.5) is 0 Å². The van der Waals surface area contributed by atoms with Gasteiger partial charge in [-0.2, -0.15) is 0 Å². The molecular weight excluding hydrogens is 352 g/mol. The van der Waals surface area contributed by atoms with Gasteiger partial charge in [-0.15, -0.1) is 0 Å². The first-order valence-corrected chi connectivity index (χ1v) is 9.41. The predicted octanol–water partition coefficient (Wildman–Crippen LogP) is 3.57. The molecule has 0 spiro atoms. The molecule has 6 heteroatoms. The van der Waals surface area contributed by atoms with E-state index in [0.29, 0.717) is 17.9 Å². The maximum atomic E-state index is 13.0. The number of hydrogen-bond donors (Lipinski definition) is 0. The summed E-state index contributed by atoms with van der Waals surface area (Å²) in [5.41, 5.74) is 3.38. The highest BCUT2D eigenvalue weighted by Crippen LogP contribution is 2.29. The van der Waals surface area contributed by atoms with Gasteiger partial charge < -0.3 is 9.64 Å². The van der Waals surface area contributed by atoms with Gasteiger partial charge in [-0.05, 0) is 43.2 Å². The summed E-state index contributed by atoms with van der Waals surface area (Å²) in [6.45, 7) is 1.46. The molecule has 0 aliphatic carbocycles. The zero-order valence-corrected chi connectivity index (χ0v) is 15.8. The van der Waals surface area contributed by atoms with Crippen LogP contribution in [0.2, 0.25) is 0 Å². The Morgan fingerprint density at radius 1 is 1.11 bits per heavy atom. The van der Waals surface area contributed by atoms with Crippen molar-refractivity contribution in [2.75, 3.05) is 20.2 Å². The largest absolute Gasteiger partial charge is 0.494 e. The van der Waals surface area contributed by atoms with Gasteiger partial charge in [0.2, 0.25) is 0 Å². The number of pyridine rings is 1. The molecule has 1 unspecified atom stereocenters. The highest BCUT2D eigenvalue weighted by molar-refractivity contribution is 5.94. The number of aromatic nitrogens is 3. The van der Waals surface area contributed by atoms with Gasteiger partial charge in [-0.25, -0.2) is 9.97 Å². The van der Waals surface area contributed by atoms with Crippen LogP contribution < -0.4 is 4.74 Å². The topological polar surface area (TPSA) is 68.2 Å². The van der Waals surface area contributed by atoms with Gasteiger partial charge in [0.15, 0.2) is 0 Å². The lowest BCUT2D eigenvalue weighted by Crippen LogP contribution is -2.39. The second-order valence-corrected chi connectivity index (χ2v) is 6.86. The normalized spacial score (nSPS) is 16.6. The first-order valence-electron chi connectivity index (χ1n) is 9.41. The van der Waals surface area contributed by atoms with Crippen LogP contribution in [0.1, 0.15) is 34.8 Å². The summed E-state index contributed by atoms with van der Waals surface area (Å²) in [6, 6.07) is 13.2. The maximum Gasteiger partial charge on any atom is 0.253 e. The lowest BCUT2D eigenvalue weighted by Gasteiger charge is -2.32. The van der Waals surface area contributed by atoms with Crippen molar-refractivity contribution in [3.8, 4) is 17.0 Å². The fourth-order valence-electron chi connectivity index (χ4n) is 3.67. The van der Waals surface area contributed by atoms with E-state index in [9.17, 15) is 4.79 Å². The van der Waals surface area contributed by atoms with Gasteiger partial charge in [0.25, 0.3) is 5.91 Å². The molecule has 1 fully saturated rings. The molecule has 28 heavy (non-hydrogen) atoms. The third kappa shape index (κ3) is 3.71. The van der Waals surface area contributed by atoms with E-state index in [1.807, 2.05) is 47.4 Å². The summed E-state index contributed by atoms with van der Waals surface area (Å²) in [5, 5.41) is 0. The minimum atomic E-state index is 0.0540. The van der Waals surface area contributed by atoms with Crippen molar-refractivity contribution < 1.29 is 9.53 Å². The van der Waals surface area contributed by atoms with E-state index in [1.165, 1.54) is 0 Å². The Bertz CT molecular complexity index is 944. The number of methoxy groups -OCH3 is 1. The van der Waals surface area contributed by atoms with E-state index in [1.54, 1.807) is 25.8 Å². The molecule has 0 bridgehead atoms. The van der Waals surface area contributed by atoms with Crippen LogP contribution in [0.15, 0.2) is 61.2 Å². The number of ether oxygens (including phenoxy) is 1. The Morgan fingerprint density at radius 3 is 2.71 bits per heavy atom. The summed E-state index contributed by atoms with van der Waals surface area (Å²) in [4.78, 5) is 27.7. The molecule has 2 aromatic heterocycles. The average Bonchev–Trinajstić information content (AvgIpc) is 2.79. The van der Waals surface area contributed by atoms with Crippen molar-refractivity contribution in [1.29, 1.82) is 0 Å². The monoisotopic (exact) mass is 374 g/mol. The lowest BCUT2D eigenvalue weighted by molar-refractivity contribution is 0.0706. The molecular formula is C22H22N4O2. The minimum Gasteiger partial charge on any atom is -0.494 e. The molecule has 1 saturated heterocycles. The number of carbonyl (C=O) groups is 1. The van der Waals surface area contributed by atoms with Gasteiger partial charge in [-0.1, -0.05) is 12.1 Å². The summed E-state index contributed by atoms with van der Waals surface area (Å²) < 4.78 is 5.38. The van der Waals surface area contributed by atoms with Crippen LogP contribution in [0, 0.1) is 0 Å². The van der Waals surface area contributed by atoms with Crippen LogP contribution in [0.25, 0.3) is 11.3 Å². The molecule has 3 heterocycles. The zero-order valence-electron chi connectivity index (χ0n) is 15.8. The average molecular weight is 374 g/mol. The van der Waals surface area contributed by atoms with E-state index in [4.69, 9.17) is 4.74 Å². The van der Waals surface area contributed by atoms with Gasteiger partial charge in [-0.3, -0.25) is 9.78 Å². The number of carbonyl (C=O) groups excluding carboxylic acids is 1. The standard InChI is InChI=1S/C22H22N4O2/c1-28-20-5-2-11-24-21(20)16-6-8-17(9-7-16)22(27)26-13-3-4-18(14-26)19-10-12-23-15-25-19/h2,5-12,15,18H,3-4,13-14H2,1H3. The Hall–Kier alpha value is -3.28. The number of likely N-dealkylation sites (tertiary alicyclic amines) is 1. The third-order valence-corrected chi connectivity index (χ3v) is 5.13. The number of piperidine rings is 1. The van der Waals surface area contributed by atoms with Crippen LogP contribution in [-0.2, 0) is 0 Å². The predicted molar refractivity (Wildman–Crippen MR) is 106 cm³/mol. The van der Waals surface area contributed by atoms with E-state index in [0.717, 1.165) is 36.3 Å². The van der Waals surface area contributed by atoms with Crippen LogP contribution in [0.5, 0.6) is 5.75 Å². The van der Waals surface area contributed by atoms with Gasteiger partial charge in [0.1, 0.15) is 17.8 Å². The van der Waals surface area contributed by atoms with Gasteiger partial charge in [0, 0.05) is 48.2 Å². The number of rotatable bonds is 4. The number of amides is 1. The first-order chi connectivity index (χ1) is 13.8. The zero-order chi connectivity index (χ0) is 19.3. The molecule has 0 saturated carbocycles. The second kappa shape index (κ2) is 8.17. The van der Waals surface area contributed by atoms with Crippen LogP contribution in [0.3, 0.4) is 0 Å². The molecule has 1 amide bonds. The number of hydrogen-bond acceptors (Lipinski definition) is 5. The summed E-state index contributed by atoms with van der Waals surface area (Å²) in [7, 11) is 1.63. The number of benzene rings is 1. The minimum absolute atomic E-state index is 0.0540. The Labute approximate surface area is 164 Å². The molecule has 1 aromatic carbocycles. The summed E-state index contributed by atoms with van der Waals surface area (Å²) in [5.74, 6) is 1.03. The van der Waals surface area contributed by atoms with Crippen molar-refractivity contribution in [3.05, 3.63) is 72.4 Å². The fourth-order valence-corrected chi connectivity index (χ4v) is 3.67. The van der Waals surface area contributed by atoms with Crippen LogP contribution >= 0.6 is 0 Å². The highest BCUT2D eigenvalue weighted by Gasteiger charge is 2.26. The van der Waals surface area contributed by atoms with E-state index < -0.39 is 0 Å². The lowest BCUT2D eigenvalue weighted by atomic mass is 9.94. The second-order valence-electron chi connectivity index (χ2n) is 6.86. The van der Waals surface area contributed by atoms with Gasteiger partial charge >= 0.3 is 0 Å². The Morgan fingerprint density at radius 2 is 1.96 bits per heavy atom. The molecule has 0 radical (unpaired) electrons. The third-order valence-electron chi connectivity index (χ3n) is 5.13. The molecule has 3 aromatic rings. The molecule has 1 aliphatic heterocycles. The Balaban J connectivity index is 1.50. The quantitative estimate of drug-likeness (QED) is 0.698.